The molecule has 1 saturated heterocycles. The van der Waals surface area contributed by atoms with Crippen LogP contribution in [-0.4, -0.2) is 56.1 Å². The number of rotatable bonds is 6. The fourth-order valence-electron chi connectivity index (χ4n) is 4.48. The number of piperazine rings is 1. The number of Topliss-reactive ketones (excluding diaryl/α,β-unsaturated/α-hetero) is 1. The van der Waals surface area contributed by atoms with Crippen molar-refractivity contribution in [3.63, 3.8) is 0 Å². The van der Waals surface area contributed by atoms with E-state index in [1.807, 2.05) is 24.3 Å². The first-order valence-electron chi connectivity index (χ1n) is 11.0. The number of hydrogen-bond donors (Lipinski definition) is 1. The fraction of sp³-hybridized carbons (Fsp3) is 0.417. The molecule has 1 N–H and O–H groups in total. The first-order valence-corrected chi connectivity index (χ1v) is 11.0. The number of nitrogens with one attached hydrogen (secondary N) is 1. The summed E-state index contributed by atoms with van der Waals surface area (Å²) in [6, 6.07) is 11.8. The molecular formula is C24H27N3O4. The number of fused-ring (bicyclic) bond motifs is 2. The molecule has 0 atom stereocenters. The van der Waals surface area contributed by atoms with E-state index in [9.17, 15) is 9.59 Å². The van der Waals surface area contributed by atoms with Crippen LogP contribution in [-0.2, 0) is 11.2 Å². The van der Waals surface area contributed by atoms with E-state index < -0.39 is 0 Å². The number of carbonyl (C=O) groups is 2. The summed E-state index contributed by atoms with van der Waals surface area (Å²) >= 11 is 0. The van der Waals surface area contributed by atoms with Gasteiger partial charge in [0.05, 0.1) is 0 Å². The predicted molar refractivity (Wildman–Crippen MR) is 118 cm³/mol. The van der Waals surface area contributed by atoms with Crippen molar-refractivity contribution in [3.05, 3.63) is 47.5 Å². The summed E-state index contributed by atoms with van der Waals surface area (Å²) in [7, 11) is 0. The highest BCUT2D eigenvalue weighted by atomic mass is 16.7. The molecule has 7 nitrogen and oxygen atoms in total. The van der Waals surface area contributed by atoms with E-state index in [0.29, 0.717) is 26.1 Å². The molecule has 0 unspecified atom stereocenters. The van der Waals surface area contributed by atoms with Crippen molar-refractivity contribution in [2.75, 3.05) is 49.7 Å². The van der Waals surface area contributed by atoms with Crippen molar-refractivity contribution in [1.82, 2.24) is 4.90 Å². The maximum absolute atomic E-state index is 12.6. The molecule has 5 rings (SSSR count). The molecule has 31 heavy (non-hydrogen) atoms. The topological polar surface area (TPSA) is 71.1 Å². The molecule has 0 radical (unpaired) electrons. The van der Waals surface area contributed by atoms with E-state index >= 15 is 0 Å². The van der Waals surface area contributed by atoms with Gasteiger partial charge in [0, 0.05) is 62.0 Å². The molecule has 7 heteroatoms. The molecule has 2 aromatic carbocycles. The normalized spacial score (nSPS) is 17.9. The predicted octanol–water partition coefficient (Wildman–Crippen LogP) is 3.09. The summed E-state index contributed by atoms with van der Waals surface area (Å²) < 4.78 is 10.9. The Morgan fingerprint density at radius 3 is 2.68 bits per heavy atom. The molecule has 0 bridgehead atoms. The van der Waals surface area contributed by atoms with Gasteiger partial charge < -0.3 is 19.7 Å². The van der Waals surface area contributed by atoms with Crippen molar-refractivity contribution in [2.45, 2.75) is 25.7 Å². The van der Waals surface area contributed by atoms with Crippen LogP contribution in [0.3, 0.4) is 0 Å². The van der Waals surface area contributed by atoms with Crippen LogP contribution in [0, 0.1) is 0 Å². The molecule has 0 aliphatic carbocycles. The molecule has 1 fully saturated rings. The zero-order chi connectivity index (χ0) is 21.2. The molecule has 3 aliphatic rings. The summed E-state index contributed by atoms with van der Waals surface area (Å²) in [6.07, 6.45) is 2.60. The highest BCUT2D eigenvalue weighted by Crippen LogP contribution is 2.35. The molecule has 2 aromatic rings. The second-order valence-electron chi connectivity index (χ2n) is 8.31. The van der Waals surface area contributed by atoms with Crippen molar-refractivity contribution >= 4 is 23.1 Å². The Morgan fingerprint density at radius 1 is 0.968 bits per heavy atom. The number of ketones is 1. The van der Waals surface area contributed by atoms with E-state index in [1.54, 1.807) is 0 Å². The Morgan fingerprint density at radius 2 is 1.81 bits per heavy atom. The average Bonchev–Trinajstić information content (AvgIpc) is 3.27. The van der Waals surface area contributed by atoms with Crippen molar-refractivity contribution < 1.29 is 19.1 Å². The smallest absolute Gasteiger partial charge is 0.231 e. The van der Waals surface area contributed by atoms with Gasteiger partial charge in [0.25, 0.3) is 0 Å². The van der Waals surface area contributed by atoms with E-state index in [4.69, 9.17) is 9.47 Å². The highest BCUT2D eigenvalue weighted by Gasteiger charge is 2.21. The second-order valence-corrected chi connectivity index (χ2v) is 8.31. The third-order valence-electron chi connectivity index (χ3n) is 6.29. The zero-order valence-corrected chi connectivity index (χ0v) is 17.6. The number of hydrogen-bond acceptors (Lipinski definition) is 6. The van der Waals surface area contributed by atoms with Gasteiger partial charge in [-0.1, -0.05) is 0 Å². The first-order chi connectivity index (χ1) is 15.2. The van der Waals surface area contributed by atoms with Gasteiger partial charge >= 0.3 is 0 Å². The molecule has 3 heterocycles. The standard InChI is InChI=1S/C24H27N3O4/c28-21(18-3-6-20-17(14-18)4-8-24(29)25-20)2-1-9-26-10-12-27(13-11-26)19-5-7-22-23(15-19)31-16-30-22/h3,5-7,14-15H,1-2,4,8-13,16H2,(H,25,29). The lowest BCUT2D eigenvalue weighted by atomic mass is 9.97. The van der Waals surface area contributed by atoms with E-state index in [1.165, 1.54) is 5.69 Å². The third-order valence-corrected chi connectivity index (χ3v) is 6.29. The zero-order valence-electron chi connectivity index (χ0n) is 17.6. The van der Waals surface area contributed by atoms with Crippen LogP contribution < -0.4 is 19.7 Å². The lowest BCUT2D eigenvalue weighted by Crippen LogP contribution is -2.46. The molecule has 1 amide bonds. The van der Waals surface area contributed by atoms with Crippen molar-refractivity contribution in [3.8, 4) is 11.5 Å². The maximum atomic E-state index is 12.6. The Bertz CT molecular complexity index is 998. The summed E-state index contributed by atoms with van der Waals surface area (Å²) in [6.45, 7) is 5.13. The van der Waals surface area contributed by atoms with E-state index in [0.717, 1.165) is 67.5 Å². The van der Waals surface area contributed by atoms with Gasteiger partial charge in [0.2, 0.25) is 12.7 Å². The van der Waals surface area contributed by atoms with Gasteiger partial charge in [-0.2, -0.15) is 0 Å². The van der Waals surface area contributed by atoms with Crippen LogP contribution in [0.25, 0.3) is 0 Å². The number of ether oxygens (including phenoxy) is 2. The van der Waals surface area contributed by atoms with Crippen LogP contribution in [0.5, 0.6) is 11.5 Å². The van der Waals surface area contributed by atoms with E-state index in [-0.39, 0.29) is 11.7 Å². The van der Waals surface area contributed by atoms with Crippen LogP contribution in [0.4, 0.5) is 11.4 Å². The fourth-order valence-corrected chi connectivity index (χ4v) is 4.48. The quantitative estimate of drug-likeness (QED) is 0.723. The molecule has 162 valence electrons. The molecule has 0 aromatic heterocycles. The average molecular weight is 421 g/mol. The molecule has 0 spiro atoms. The molecule has 3 aliphatic heterocycles. The van der Waals surface area contributed by atoms with Crippen molar-refractivity contribution in [1.29, 1.82) is 0 Å². The van der Waals surface area contributed by atoms with Gasteiger partial charge in [-0.15, -0.1) is 0 Å². The highest BCUT2D eigenvalue weighted by molar-refractivity contribution is 5.99. The van der Waals surface area contributed by atoms with Gasteiger partial charge in [0.15, 0.2) is 17.3 Å². The molecule has 0 saturated carbocycles. The Labute approximate surface area is 181 Å². The van der Waals surface area contributed by atoms with Gasteiger partial charge in [-0.3, -0.25) is 14.5 Å². The first kappa shape index (κ1) is 19.9. The number of nitrogens with zero attached hydrogens (tertiary/aromatic N) is 2. The number of benzene rings is 2. The number of amides is 1. The number of carbonyl (C=O) groups excluding carboxylic acids is 2. The summed E-state index contributed by atoms with van der Waals surface area (Å²) in [5.41, 5.74) is 3.82. The van der Waals surface area contributed by atoms with Gasteiger partial charge in [-0.25, -0.2) is 0 Å². The Hall–Kier alpha value is -3.06. The molecular weight excluding hydrogens is 394 g/mol. The van der Waals surface area contributed by atoms with Gasteiger partial charge in [-0.05, 0) is 55.3 Å². The largest absolute Gasteiger partial charge is 0.454 e. The van der Waals surface area contributed by atoms with E-state index in [2.05, 4.69) is 27.2 Å². The van der Waals surface area contributed by atoms with Crippen molar-refractivity contribution in [2.24, 2.45) is 0 Å². The lowest BCUT2D eigenvalue weighted by molar-refractivity contribution is -0.116. The Balaban J connectivity index is 1.08. The minimum absolute atomic E-state index is 0.0465. The minimum Gasteiger partial charge on any atom is -0.454 e. The monoisotopic (exact) mass is 421 g/mol. The minimum atomic E-state index is 0.0465. The summed E-state index contributed by atoms with van der Waals surface area (Å²) in [5, 5.41) is 2.87. The van der Waals surface area contributed by atoms with Gasteiger partial charge in [0.1, 0.15) is 0 Å². The lowest BCUT2D eigenvalue weighted by Gasteiger charge is -2.36. The Kier molecular flexibility index (Phi) is 5.51. The number of anilines is 2. The van der Waals surface area contributed by atoms with Crippen LogP contribution in [0.1, 0.15) is 35.2 Å². The number of aryl methyl sites for hydroxylation is 1. The van der Waals surface area contributed by atoms with Crippen LogP contribution in [0.2, 0.25) is 0 Å². The summed E-state index contributed by atoms with van der Waals surface area (Å²) in [5.74, 6) is 1.86. The maximum Gasteiger partial charge on any atom is 0.231 e. The third kappa shape index (κ3) is 4.37. The SMILES string of the molecule is O=C1CCc2cc(C(=O)CCCN3CCN(c4ccc5c(c4)OCO5)CC3)ccc2N1. The van der Waals surface area contributed by atoms with Crippen LogP contribution >= 0.6 is 0 Å². The van der Waals surface area contributed by atoms with Crippen LogP contribution in [0.15, 0.2) is 36.4 Å². The second kappa shape index (κ2) is 8.59. The summed E-state index contributed by atoms with van der Waals surface area (Å²) in [4.78, 5) is 28.9.